The summed E-state index contributed by atoms with van der Waals surface area (Å²) in [5.74, 6) is 0.532. The Hall–Kier alpha value is -2.58. The number of methoxy groups -OCH3 is 2. The molecular weight excluding hydrogens is 368 g/mol. The Kier molecular flexibility index (Phi) is 5.12. The average molecular weight is 390 g/mol. The van der Waals surface area contributed by atoms with Gasteiger partial charge in [-0.3, -0.25) is 4.79 Å². The number of para-hydroxylation sites is 1. The number of benzene rings is 2. The van der Waals surface area contributed by atoms with Gasteiger partial charge >= 0.3 is 0 Å². The Labute approximate surface area is 158 Å². The third kappa shape index (κ3) is 3.38. The predicted octanol–water partition coefficient (Wildman–Crippen LogP) is 2.58. The molecule has 1 aliphatic heterocycles. The summed E-state index contributed by atoms with van der Waals surface area (Å²) in [7, 11) is 0.808. The van der Waals surface area contributed by atoms with E-state index in [-0.39, 0.29) is 23.3 Å². The number of rotatable bonds is 6. The van der Waals surface area contributed by atoms with Crippen LogP contribution in [0.1, 0.15) is 24.0 Å². The first kappa shape index (κ1) is 19.2. The SMILES string of the molecule is COc1cccc(CN(C)S(=O)(=O)c2ccc3c(c2)[C@@H](C)C(=O)N3)c1OC. The molecule has 0 aromatic heterocycles. The molecule has 1 aliphatic rings. The molecule has 1 heterocycles. The summed E-state index contributed by atoms with van der Waals surface area (Å²) in [5, 5.41) is 2.74. The minimum absolute atomic E-state index is 0.118. The van der Waals surface area contributed by atoms with Crippen molar-refractivity contribution in [3.05, 3.63) is 47.5 Å². The molecule has 3 rings (SSSR count). The maximum absolute atomic E-state index is 13.0. The highest BCUT2D eigenvalue weighted by Gasteiger charge is 2.30. The van der Waals surface area contributed by atoms with E-state index in [9.17, 15) is 13.2 Å². The lowest BCUT2D eigenvalue weighted by molar-refractivity contribution is -0.116. The standard InChI is InChI=1S/C19H22N2O5S/c1-12-15-10-14(8-9-16(15)20-19(12)22)27(23,24)21(2)11-13-6-5-7-17(25-3)18(13)26-4/h5-10,12H,11H2,1-4H3,(H,20,22)/t12-/m1/s1. The van der Waals surface area contributed by atoms with Crippen molar-refractivity contribution in [3.8, 4) is 11.5 Å². The second-order valence-corrected chi connectivity index (χ2v) is 8.42. The van der Waals surface area contributed by atoms with E-state index >= 15 is 0 Å². The van der Waals surface area contributed by atoms with Crippen molar-refractivity contribution in [1.82, 2.24) is 4.31 Å². The monoisotopic (exact) mass is 390 g/mol. The minimum Gasteiger partial charge on any atom is -0.493 e. The van der Waals surface area contributed by atoms with E-state index in [0.717, 1.165) is 0 Å². The lowest BCUT2D eigenvalue weighted by Gasteiger charge is -2.20. The Bertz CT molecular complexity index is 988. The number of carbonyl (C=O) groups is 1. The summed E-state index contributed by atoms with van der Waals surface area (Å²) in [6, 6.07) is 10.0. The highest BCUT2D eigenvalue weighted by atomic mass is 32.2. The van der Waals surface area contributed by atoms with Gasteiger partial charge in [0.1, 0.15) is 0 Å². The number of fused-ring (bicyclic) bond motifs is 1. The average Bonchev–Trinajstić information content (AvgIpc) is 2.94. The molecule has 7 nitrogen and oxygen atoms in total. The van der Waals surface area contributed by atoms with Crippen molar-refractivity contribution in [2.45, 2.75) is 24.3 Å². The lowest BCUT2D eigenvalue weighted by atomic mass is 10.0. The molecule has 0 unspecified atom stereocenters. The van der Waals surface area contributed by atoms with Crippen LogP contribution in [0.3, 0.4) is 0 Å². The summed E-state index contributed by atoms with van der Waals surface area (Å²) in [6.45, 7) is 1.87. The van der Waals surface area contributed by atoms with Crippen molar-refractivity contribution < 1.29 is 22.7 Å². The van der Waals surface area contributed by atoms with E-state index in [1.54, 1.807) is 37.3 Å². The zero-order chi connectivity index (χ0) is 19.8. The molecule has 0 aliphatic carbocycles. The van der Waals surface area contributed by atoms with Gasteiger partial charge in [0.05, 0.1) is 25.0 Å². The van der Waals surface area contributed by atoms with Crippen LogP contribution in [0.2, 0.25) is 0 Å². The van der Waals surface area contributed by atoms with Gasteiger partial charge in [0.15, 0.2) is 11.5 Å². The number of hydrogen-bond donors (Lipinski definition) is 1. The Morgan fingerprint density at radius 2 is 1.89 bits per heavy atom. The van der Waals surface area contributed by atoms with Gasteiger partial charge in [0.25, 0.3) is 0 Å². The van der Waals surface area contributed by atoms with Crippen molar-refractivity contribution in [2.75, 3.05) is 26.6 Å². The van der Waals surface area contributed by atoms with Crippen LogP contribution in [0, 0.1) is 0 Å². The fraction of sp³-hybridized carbons (Fsp3) is 0.316. The van der Waals surface area contributed by atoms with Gasteiger partial charge in [-0.15, -0.1) is 0 Å². The molecule has 2 aromatic rings. The number of amides is 1. The molecule has 0 fully saturated rings. The zero-order valence-electron chi connectivity index (χ0n) is 15.6. The van der Waals surface area contributed by atoms with Crippen LogP contribution in [0.4, 0.5) is 5.69 Å². The maximum Gasteiger partial charge on any atom is 0.243 e. The summed E-state index contributed by atoms with van der Waals surface area (Å²) in [6.07, 6.45) is 0. The smallest absolute Gasteiger partial charge is 0.243 e. The molecule has 1 N–H and O–H groups in total. The predicted molar refractivity (Wildman–Crippen MR) is 102 cm³/mol. The van der Waals surface area contributed by atoms with Gasteiger partial charge in [-0.2, -0.15) is 4.31 Å². The number of sulfonamides is 1. The van der Waals surface area contributed by atoms with Crippen LogP contribution in [0.5, 0.6) is 11.5 Å². The first-order valence-corrected chi connectivity index (χ1v) is 9.84. The van der Waals surface area contributed by atoms with Gasteiger partial charge in [-0.1, -0.05) is 12.1 Å². The van der Waals surface area contributed by atoms with E-state index in [1.807, 2.05) is 0 Å². The van der Waals surface area contributed by atoms with E-state index in [1.165, 1.54) is 31.6 Å². The molecule has 0 bridgehead atoms. The quantitative estimate of drug-likeness (QED) is 0.819. The Morgan fingerprint density at radius 3 is 2.56 bits per heavy atom. The first-order valence-electron chi connectivity index (χ1n) is 8.40. The van der Waals surface area contributed by atoms with Gasteiger partial charge in [0, 0.05) is 24.8 Å². The van der Waals surface area contributed by atoms with E-state index < -0.39 is 10.0 Å². The van der Waals surface area contributed by atoms with Crippen LogP contribution in [-0.4, -0.2) is 39.9 Å². The summed E-state index contributed by atoms with van der Waals surface area (Å²) in [4.78, 5) is 11.9. The topological polar surface area (TPSA) is 84.9 Å². The number of ether oxygens (including phenoxy) is 2. The van der Waals surface area contributed by atoms with Crippen LogP contribution in [-0.2, 0) is 21.4 Å². The highest BCUT2D eigenvalue weighted by Crippen LogP contribution is 2.35. The van der Waals surface area contributed by atoms with Gasteiger partial charge in [0.2, 0.25) is 15.9 Å². The van der Waals surface area contributed by atoms with E-state index in [0.29, 0.717) is 28.3 Å². The van der Waals surface area contributed by atoms with Gasteiger partial charge in [-0.05, 0) is 36.8 Å². The number of anilines is 1. The van der Waals surface area contributed by atoms with E-state index in [2.05, 4.69) is 5.32 Å². The largest absolute Gasteiger partial charge is 0.493 e. The number of hydrogen-bond acceptors (Lipinski definition) is 5. The number of nitrogens with zero attached hydrogens (tertiary/aromatic N) is 1. The molecule has 27 heavy (non-hydrogen) atoms. The number of nitrogens with one attached hydrogen (secondary N) is 1. The summed E-state index contributed by atoms with van der Waals surface area (Å²) < 4.78 is 38.0. The molecule has 0 saturated heterocycles. The summed E-state index contributed by atoms with van der Waals surface area (Å²) >= 11 is 0. The van der Waals surface area contributed by atoms with Gasteiger partial charge in [-0.25, -0.2) is 8.42 Å². The molecule has 1 atom stereocenters. The Morgan fingerprint density at radius 1 is 1.15 bits per heavy atom. The van der Waals surface area contributed by atoms with Gasteiger partial charge < -0.3 is 14.8 Å². The van der Waals surface area contributed by atoms with Crippen molar-refractivity contribution in [3.63, 3.8) is 0 Å². The third-order valence-electron chi connectivity index (χ3n) is 4.73. The molecule has 0 saturated carbocycles. The molecule has 0 radical (unpaired) electrons. The molecule has 8 heteroatoms. The summed E-state index contributed by atoms with van der Waals surface area (Å²) in [5.41, 5.74) is 2.03. The highest BCUT2D eigenvalue weighted by molar-refractivity contribution is 7.89. The fourth-order valence-electron chi connectivity index (χ4n) is 3.14. The normalized spacial score (nSPS) is 16.2. The van der Waals surface area contributed by atoms with Crippen molar-refractivity contribution >= 4 is 21.6 Å². The minimum atomic E-state index is -3.75. The molecule has 0 spiro atoms. The van der Waals surface area contributed by atoms with Crippen LogP contribution < -0.4 is 14.8 Å². The van der Waals surface area contributed by atoms with E-state index in [4.69, 9.17) is 9.47 Å². The Balaban J connectivity index is 1.92. The molecule has 144 valence electrons. The molecule has 1 amide bonds. The number of carbonyl (C=O) groups excluding carboxylic acids is 1. The second kappa shape index (κ2) is 7.21. The van der Waals surface area contributed by atoms with Crippen molar-refractivity contribution in [2.24, 2.45) is 0 Å². The molecular formula is C19H22N2O5S. The van der Waals surface area contributed by atoms with Crippen LogP contribution in [0.15, 0.2) is 41.3 Å². The fourth-order valence-corrected chi connectivity index (χ4v) is 4.32. The second-order valence-electron chi connectivity index (χ2n) is 6.37. The maximum atomic E-state index is 13.0. The third-order valence-corrected chi connectivity index (χ3v) is 6.53. The molecule has 2 aromatic carbocycles. The zero-order valence-corrected chi connectivity index (χ0v) is 16.5. The van der Waals surface area contributed by atoms with Crippen LogP contribution in [0.25, 0.3) is 0 Å². The lowest BCUT2D eigenvalue weighted by Crippen LogP contribution is -2.26. The van der Waals surface area contributed by atoms with Crippen LogP contribution >= 0.6 is 0 Å². The van der Waals surface area contributed by atoms with Crippen molar-refractivity contribution in [1.29, 1.82) is 0 Å². The first-order chi connectivity index (χ1) is 12.8.